The molecule has 3 nitrogen and oxygen atoms in total. The van der Waals surface area contributed by atoms with Gasteiger partial charge in [-0.05, 0) is 44.1 Å². The van der Waals surface area contributed by atoms with Crippen molar-refractivity contribution in [3.8, 4) is 0 Å². The Morgan fingerprint density at radius 3 is 2.60 bits per heavy atom. The predicted molar refractivity (Wildman–Crippen MR) is 85.0 cm³/mol. The van der Waals surface area contributed by atoms with E-state index in [1.165, 1.54) is 19.3 Å². The Labute approximate surface area is 125 Å². The van der Waals surface area contributed by atoms with Gasteiger partial charge in [-0.2, -0.15) is 0 Å². The lowest BCUT2D eigenvalue weighted by Crippen LogP contribution is -2.57. The van der Waals surface area contributed by atoms with Gasteiger partial charge in [0.05, 0.1) is 12.7 Å². The van der Waals surface area contributed by atoms with Crippen LogP contribution in [0.2, 0.25) is 0 Å². The third kappa shape index (κ3) is 3.75. The zero-order chi connectivity index (χ0) is 14.8. The molecule has 1 aliphatic carbocycles. The highest BCUT2D eigenvalue weighted by molar-refractivity contribution is 4.94. The number of nitrogens with zero attached hydrogens (tertiary/aromatic N) is 1. The molecule has 1 heterocycles. The molecule has 2 rings (SSSR count). The van der Waals surface area contributed by atoms with E-state index in [1.807, 2.05) is 0 Å². The minimum Gasteiger partial charge on any atom is -0.376 e. The van der Waals surface area contributed by atoms with E-state index in [0.717, 1.165) is 32.0 Å². The van der Waals surface area contributed by atoms with Gasteiger partial charge < -0.3 is 10.1 Å². The van der Waals surface area contributed by atoms with E-state index in [1.54, 1.807) is 0 Å². The van der Waals surface area contributed by atoms with Gasteiger partial charge in [0.25, 0.3) is 0 Å². The van der Waals surface area contributed by atoms with Crippen molar-refractivity contribution in [2.24, 2.45) is 11.3 Å². The molecule has 0 spiro atoms. The molecule has 4 atom stereocenters. The van der Waals surface area contributed by atoms with E-state index < -0.39 is 0 Å². The molecule has 20 heavy (non-hydrogen) atoms. The molecule has 3 heteroatoms. The van der Waals surface area contributed by atoms with Crippen molar-refractivity contribution in [2.75, 3.05) is 26.7 Å². The Morgan fingerprint density at radius 2 is 2.00 bits per heavy atom. The highest BCUT2D eigenvalue weighted by atomic mass is 16.5. The fourth-order valence-electron chi connectivity index (χ4n) is 3.96. The SMILES string of the molecule is CCC1CN(C2CC(C(C)(C)C)CCC2NC)CCO1. The number of hydrogen-bond donors (Lipinski definition) is 1. The monoisotopic (exact) mass is 282 g/mol. The molecular weight excluding hydrogens is 248 g/mol. The summed E-state index contributed by atoms with van der Waals surface area (Å²) in [5, 5.41) is 3.57. The largest absolute Gasteiger partial charge is 0.376 e. The van der Waals surface area contributed by atoms with E-state index in [2.05, 4.69) is 45.0 Å². The number of morpholine rings is 1. The van der Waals surface area contributed by atoms with Crippen molar-refractivity contribution >= 4 is 0 Å². The minimum atomic E-state index is 0.438. The van der Waals surface area contributed by atoms with E-state index >= 15 is 0 Å². The quantitative estimate of drug-likeness (QED) is 0.861. The molecule has 4 unspecified atom stereocenters. The molecule has 0 radical (unpaired) electrons. The molecule has 1 saturated carbocycles. The maximum atomic E-state index is 5.85. The summed E-state index contributed by atoms with van der Waals surface area (Å²) in [6.07, 6.45) is 5.60. The van der Waals surface area contributed by atoms with Gasteiger partial charge >= 0.3 is 0 Å². The van der Waals surface area contributed by atoms with Gasteiger partial charge in [0.2, 0.25) is 0 Å². The third-order valence-corrected chi connectivity index (χ3v) is 5.51. The summed E-state index contributed by atoms with van der Waals surface area (Å²) in [6, 6.07) is 1.35. The van der Waals surface area contributed by atoms with Crippen molar-refractivity contribution in [3.05, 3.63) is 0 Å². The van der Waals surface area contributed by atoms with Crippen LogP contribution in [-0.2, 0) is 4.74 Å². The summed E-state index contributed by atoms with van der Waals surface area (Å²) >= 11 is 0. The molecule has 0 aromatic heterocycles. The van der Waals surface area contributed by atoms with Gasteiger partial charge in [0.1, 0.15) is 0 Å². The Morgan fingerprint density at radius 1 is 1.25 bits per heavy atom. The van der Waals surface area contributed by atoms with Crippen LogP contribution in [0.3, 0.4) is 0 Å². The van der Waals surface area contributed by atoms with Crippen LogP contribution < -0.4 is 5.32 Å². The lowest BCUT2D eigenvalue weighted by atomic mass is 9.69. The molecule has 0 aromatic carbocycles. The van der Waals surface area contributed by atoms with Crippen molar-refractivity contribution in [1.82, 2.24) is 10.2 Å². The second-order valence-corrected chi connectivity index (χ2v) is 7.73. The van der Waals surface area contributed by atoms with Crippen LogP contribution in [0.15, 0.2) is 0 Å². The maximum absolute atomic E-state index is 5.85. The molecule has 118 valence electrons. The first-order valence-corrected chi connectivity index (χ1v) is 8.48. The second-order valence-electron chi connectivity index (χ2n) is 7.73. The average molecular weight is 282 g/mol. The van der Waals surface area contributed by atoms with Crippen LogP contribution in [0.4, 0.5) is 0 Å². The van der Waals surface area contributed by atoms with Gasteiger partial charge in [-0.1, -0.05) is 27.7 Å². The standard InChI is InChI=1S/C17H34N2O/c1-6-14-12-19(9-10-20-14)16-11-13(17(2,3)4)7-8-15(16)18-5/h13-16,18H,6-12H2,1-5H3. The van der Waals surface area contributed by atoms with Crippen LogP contribution in [0, 0.1) is 11.3 Å². The van der Waals surface area contributed by atoms with Gasteiger partial charge in [-0.25, -0.2) is 0 Å². The predicted octanol–water partition coefficient (Wildman–Crippen LogP) is 2.90. The average Bonchev–Trinajstić information content (AvgIpc) is 2.45. The molecule has 2 aliphatic rings. The number of likely N-dealkylation sites (N-methyl/N-ethyl adjacent to an activating group) is 1. The normalized spacial score (nSPS) is 37.0. The highest BCUT2D eigenvalue weighted by Gasteiger charge is 2.39. The van der Waals surface area contributed by atoms with E-state index in [9.17, 15) is 0 Å². The van der Waals surface area contributed by atoms with Crippen LogP contribution in [-0.4, -0.2) is 49.8 Å². The molecule has 1 aliphatic heterocycles. The van der Waals surface area contributed by atoms with Crippen molar-refractivity contribution in [2.45, 2.75) is 71.6 Å². The fourth-order valence-corrected chi connectivity index (χ4v) is 3.96. The highest BCUT2D eigenvalue weighted by Crippen LogP contribution is 2.39. The zero-order valence-corrected chi connectivity index (χ0v) is 14.1. The summed E-state index contributed by atoms with van der Waals surface area (Å²) in [7, 11) is 2.13. The van der Waals surface area contributed by atoms with E-state index in [4.69, 9.17) is 4.74 Å². The first-order chi connectivity index (χ1) is 9.45. The van der Waals surface area contributed by atoms with Crippen LogP contribution in [0.25, 0.3) is 0 Å². The lowest BCUT2D eigenvalue weighted by Gasteiger charge is -2.48. The van der Waals surface area contributed by atoms with Crippen LogP contribution in [0.1, 0.15) is 53.4 Å². The zero-order valence-electron chi connectivity index (χ0n) is 14.1. The third-order valence-electron chi connectivity index (χ3n) is 5.51. The summed E-state index contributed by atoms with van der Waals surface area (Å²) in [4.78, 5) is 2.71. The molecular formula is C17H34N2O. The fraction of sp³-hybridized carbons (Fsp3) is 1.00. The Hall–Kier alpha value is -0.120. The summed E-state index contributed by atoms with van der Waals surface area (Å²) < 4.78 is 5.85. The van der Waals surface area contributed by atoms with Gasteiger partial charge in [0.15, 0.2) is 0 Å². The van der Waals surface area contributed by atoms with Crippen molar-refractivity contribution in [1.29, 1.82) is 0 Å². The van der Waals surface area contributed by atoms with Crippen LogP contribution in [0.5, 0.6) is 0 Å². The summed E-state index contributed by atoms with van der Waals surface area (Å²) in [6.45, 7) is 12.6. The summed E-state index contributed by atoms with van der Waals surface area (Å²) in [5.41, 5.74) is 0.438. The van der Waals surface area contributed by atoms with Gasteiger partial charge in [-0.3, -0.25) is 4.90 Å². The molecule has 0 bridgehead atoms. The van der Waals surface area contributed by atoms with Crippen molar-refractivity contribution < 1.29 is 4.74 Å². The number of ether oxygens (including phenoxy) is 1. The minimum absolute atomic E-state index is 0.438. The summed E-state index contributed by atoms with van der Waals surface area (Å²) in [5.74, 6) is 0.847. The molecule has 1 saturated heterocycles. The molecule has 0 aromatic rings. The van der Waals surface area contributed by atoms with E-state index in [0.29, 0.717) is 23.6 Å². The number of hydrogen-bond acceptors (Lipinski definition) is 3. The molecule has 2 fully saturated rings. The first kappa shape index (κ1) is 16.3. The van der Waals surface area contributed by atoms with E-state index in [-0.39, 0.29) is 0 Å². The Kier molecular flexibility index (Phi) is 5.49. The Bertz CT molecular complexity index is 300. The lowest BCUT2D eigenvalue weighted by molar-refractivity contribution is -0.0619. The number of rotatable bonds is 3. The topological polar surface area (TPSA) is 24.5 Å². The second kappa shape index (κ2) is 6.76. The van der Waals surface area contributed by atoms with Gasteiger partial charge in [-0.15, -0.1) is 0 Å². The molecule has 1 N–H and O–H groups in total. The maximum Gasteiger partial charge on any atom is 0.0700 e. The Balaban J connectivity index is 2.04. The first-order valence-electron chi connectivity index (χ1n) is 8.48. The smallest absolute Gasteiger partial charge is 0.0700 e. The van der Waals surface area contributed by atoms with Crippen molar-refractivity contribution in [3.63, 3.8) is 0 Å². The van der Waals surface area contributed by atoms with Gasteiger partial charge in [0, 0.05) is 25.2 Å². The van der Waals surface area contributed by atoms with Crippen LogP contribution >= 0.6 is 0 Å². The number of nitrogens with one attached hydrogen (secondary N) is 1. The molecule has 0 amide bonds.